The van der Waals surface area contributed by atoms with E-state index in [0.29, 0.717) is 17.2 Å². The number of nitrogens with zero attached hydrogens (tertiary/aromatic N) is 6. The van der Waals surface area contributed by atoms with Crippen molar-refractivity contribution in [1.82, 2.24) is 45.3 Å². The molecule has 3 N–H and O–H groups in total. The molecule has 6 aromatic rings. The number of hydrogen-bond donors (Lipinski definition) is 3. The molecule has 0 unspecified atom stereocenters. The molecule has 9 nitrogen and oxygen atoms in total. The van der Waals surface area contributed by atoms with Crippen molar-refractivity contribution in [2.75, 3.05) is 0 Å². The summed E-state index contributed by atoms with van der Waals surface area (Å²) in [5, 5.41) is 15.2. The van der Waals surface area contributed by atoms with Gasteiger partial charge in [-0.15, -0.1) is 0 Å². The number of aromatic nitrogens is 9. The molecule has 0 bridgehead atoms. The lowest BCUT2D eigenvalue weighted by Crippen LogP contribution is -1.84. The normalized spacial score (nSPS) is 11.4. The maximum Gasteiger partial charge on any atom is 0.160 e. The minimum atomic E-state index is 0.643. The monoisotopic (exact) mass is 379 g/mol. The fourth-order valence-corrected chi connectivity index (χ4v) is 3.43. The number of hydrogen-bond acceptors (Lipinski definition) is 6. The molecule has 0 saturated heterocycles. The standard InChI is InChI=1S/C20H13N9/c1-4-21-5-2-11(1)13-3-6-22-19-17(13)26-20(27-19)18-14-7-15(12-8-24-25-9-12)23-10-16(14)28-29-18/h1-10H,(H,24,25)(H,28,29)(H,22,26,27). The largest absolute Gasteiger partial charge is 0.321 e. The van der Waals surface area contributed by atoms with Crippen molar-refractivity contribution in [2.45, 2.75) is 0 Å². The van der Waals surface area contributed by atoms with Gasteiger partial charge >= 0.3 is 0 Å². The Balaban J connectivity index is 1.54. The van der Waals surface area contributed by atoms with Gasteiger partial charge in [0.2, 0.25) is 0 Å². The number of H-pyrrole nitrogens is 3. The molecule has 0 fully saturated rings. The second kappa shape index (κ2) is 6.06. The molecule has 6 aromatic heterocycles. The molecule has 0 spiro atoms. The van der Waals surface area contributed by atoms with E-state index in [9.17, 15) is 0 Å². The molecule has 0 aromatic carbocycles. The van der Waals surface area contributed by atoms with Gasteiger partial charge in [-0.05, 0) is 29.8 Å². The van der Waals surface area contributed by atoms with Crippen LogP contribution >= 0.6 is 0 Å². The van der Waals surface area contributed by atoms with Crippen molar-refractivity contribution in [3.8, 4) is 33.9 Å². The van der Waals surface area contributed by atoms with Gasteiger partial charge in [0.1, 0.15) is 11.2 Å². The summed E-state index contributed by atoms with van der Waals surface area (Å²) in [6.45, 7) is 0. The Kier molecular flexibility index (Phi) is 3.27. The average Bonchev–Trinajstić information content (AvgIpc) is 3.52. The first kappa shape index (κ1) is 15.6. The Labute approximate surface area is 163 Å². The lowest BCUT2D eigenvalue weighted by molar-refractivity contribution is 1.09. The fraction of sp³-hybridized carbons (Fsp3) is 0. The molecule has 9 heteroatoms. The van der Waals surface area contributed by atoms with Gasteiger partial charge in [0, 0.05) is 41.3 Å². The van der Waals surface area contributed by atoms with Crippen molar-refractivity contribution in [2.24, 2.45) is 0 Å². The van der Waals surface area contributed by atoms with E-state index in [-0.39, 0.29) is 0 Å². The third kappa shape index (κ3) is 2.48. The third-order valence-corrected chi connectivity index (χ3v) is 4.84. The maximum atomic E-state index is 4.81. The van der Waals surface area contributed by atoms with Gasteiger partial charge in [0.05, 0.1) is 23.6 Å². The first-order valence-corrected chi connectivity index (χ1v) is 8.95. The van der Waals surface area contributed by atoms with Crippen LogP contribution in [0.3, 0.4) is 0 Å². The highest BCUT2D eigenvalue weighted by molar-refractivity contribution is 5.96. The minimum Gasteiger partial charge on any atom is -0.321 e. The fourth-order valence-electron chi connectivity index (χ4n) is 3.43. The molecule has 0 atom stereocenters. The van der Waals surface area contributed by atoms with Gasteiger partial charge in [-0.25, -0.2) is 9.97 Å². The van der Waals surface area contributed by atoms with Crippen LogP contribution in [-0.2, 0) is 0 Å². The van der Waals surface area contributed by atoms with E-state index in [1.165, 1.54) is 0 Å². The van der Waals surface area contributed by atoms with Crippen LogP contribution in [0.25, 0.3) is 56.0 Å². The van der Waals surface area contributed by atoms with E-state index in [4.69, 9.17) is 4.98 Å². The van der Waals surface area contributed by atoms with Gasteiger partial charge in [0.25, 0.3) is 0 Å². The van der Waals surface area contributed by atoms with Crippen molar-refractivity contribution < 1.29 is 0 Å². The van der Waals surface area contributed by atoms with Crippen molar-refractivity contribution in [1.29, 1.82) is 0 Å². The van der Waals surface area contributed by atoms with Crippen LogP contribution in [-0.4, -0.2) is 45.3 Å². The topological polar surface area (TPSA) is 125 Å². The van der Waals surface area contributed by atoms with Crippen LogP contribution < -0.4 is 0 Å². The first-order valence-electron chi connectivity index (χ1n) is 8.95. The predicted octanol–water partition coefficient (Wildman–Crippen LogP) is 3.35. The lowest BCUT2D eigenvalue weighted by Gasteiger charge is -2.00. The van der Waals surface area contributed by atoms with E-state index < -0.39 is 0 Å². The Morgan fingerprint density at radius 2 is 1.83 bits per heavy atom. The molecule has 0 radical (unpaired) electrons. The van der Waals surface area contributed by atoms with Crippen molar-refractivity contribution in [3.05, 3.63) is 61.4 Å². The highest BCUT2D eigenvalue weighted by atomic mass is 15.1. The zero-order valence-electron chi connectivity index (χ0n) is 15.0. The molecule has 6 rings (SSSR count). The molecule has 0 saturated carbocycles. The van der Waals surface area contributed by atoms with Crippen LogP contribution in [0, 0.1) is 0 Å². The Morgan fingerprint density at radius 1 is 0.897 bits per heavy atom. The molecular formula is C20H13N9. The smallest absolute Gasteiger partial charge is 0.160 e. The van der Waals surface area contributed by atoms with E-state index in [1.807, 2.05) is 24.3 Å². The molecule has 0 amide bonds. The van der Waals surface area contributed by atoms with Gasteiger partial charge in [-0.2, -0.15) is 10.2 Å². The molecule has 6 heterocycles. The van der Waals surface area contributed by atoms with E-state index in [1.54, 1.807) is 37.2 Å². The summed E-state index contributed by atoms with van der Waals surface area (Å²) in [6, 6.07) is 7.83. The summed E-state index contributed by atoms with van der Waals surface area (Å²) in [4.78, 5) is 21.1. The van der Waals surface area contributed by atoms with Crippen molar-refractivity contribution in [3.63, 3.8) is 0 Å². The molecule has 0 aliphatic rings. The Hall–Kier alpha value is -4.40. The van der Waals surface area contributed by atoms with Gasteiger partial charge in [-0.3, -0.25) is 20.2 Å². The number of pyridine rings is 3. The Morgan fingerprint density at radius 3 is 2.69 bits per heavy atom. The van der Waals surface area contributed by atoms with Crippen molar-refractivity contribution >= 4 is 22.1 Å². The van der Waals surface area contributed by atoms with Crippen LogP contribution in [0.15, 0.2) is 61.4 Å². The number of nitrogens with one attached hydrogen (secondary N) is 3. The predicted molar refractivity (Wildman–Crippen MR) is 108 cm³/mol. The highest BCUT2D eigenvalue weighted by Crippen LogP contribution is 2.31. The number of aromatic amines is 3. The first-order chi connectivity index (χ1) is 14.4. The zero-order valence-corrected chi connectivity index (χ0v) is 15.0. The van der Waals surface area contributed by atoms with Crippen LogP contribution in [0.4, 0.5) is 0 Å². The Bertz CT molecular complexity index is 1450. The van der Waals surface area contributed by atoms with Crippen LogP contribution in [0.5, 0.6) is 0 Å². The number of rotatable bonds is 3. The SMILES string of the molecule is c1cc(-c2ccnc3[nH]c(-c4n[nH]c5cnc(-c6cn[nH]c6)cc45)nc23)ccn1. The summed E-state index contributed by atoms with van der Waals surface area (Å²) in [6.07, 6.45) is 10.6. The number of imidazole rings is 1. The number of fused-ring (bicyclic) bond motifs is 2. The lowest BCUT2D eigenvalue weighted by atomic mass is 10.1. The summed E-state index contributed by atoms with van der Waals surface area (Å²) < 4.78 is 0. The molecule has 0 aliphatic carbocycles. The third-order valence-electron chi connectivity index (χ3n) is 4.84. The van der Waals surface area contributed by atoms with E-state index in [0.717, 1.165) is 38.8 Å². The summed E-state index contributed by atoms with van der Waals surface area (Å²) in [7, 11) is 0. The van der Waals surface area contributed by atoms with Gasteiger partial charge in [-0.1, -0.05) is 0 Å². The highest BCUT2D eigenvalue weighted by Gasteiger charge is 2.16. The average molecular weight is 379 g/mol. The zero-order chi connectivity index (χ0) is 19.2. The van der Waals surface area contributed by atoms with E-state index >= 15 is 0 Å². The van der Waals surface area contributed by atoms with E-state index in [2.05, 4.69) is 40.3 Å². The molecule has 29 heavy (non-hydrogen) atoms. The van der Waals surface area contributed by atoms with Crippen LogP contribution in [0.2, 0.25) is 0 Å². The maximum absolute atomic E-state index is 4.81. The summed E-state index contributed by atoms with van der Waals surface area (Å²) in [5.74, 6) is 0.643. The second-order valence-corrected chi connectivity index (χ2v) is 6.55. The quantitative estimate of drug-likeness (QED) is 0.433. The van der Waals surface area contributed by atoms with Gasteiger partial charge < -0.3 is 4.98 Å². The summed E-state index contributed by atoms with van der Waals surface area (Å²) >= 11 is 0. The molecule has 0 aliphatic heterocycles. The minimum absolute atomic E-state index is 0.643. The summed E-state index contributed by atoms with van der Waals surface area (Å²) in [5.41, 5.74) is 6.76. The molecule has 138 valence electrons. The second-order valence-electron chi connectivity index (χ2n) is 6.55. The van der Waals surface area contributed by atoms with Crippen LogP contribution in [0.1, 0.15) is 0 Å². The van der Waals surface area contributed by atoms with Gasteiger partial charge in [0.15, 0.2) is 11.5 Å². The molecular weight excluding hydrogens is 366 g/mol.